The highest BCUT2D eigenvalue weighted by Gasteiger charge is 2.30. The maximum atomic E-state index is 12.5. The maximum Gasteiger partial charge on any atom is 0.337 e. The number of methoxy groups -OCH3 is 1. The summed E-state index contributed by atoms with van der Waals surface area (Å²) in [5, 5.41) is 5.36. The molecule has 0 saturated heterocycles. The fourth-order valence-electron chi connectivity index (χ4n) is 2.94. The van der Waals surface area contributed by atoms with Crippen LogP contribution >= 0.6 is 0 Å². The number of benzene rings is 2. The van der Waals surface area contributed by atoms with Crippen LogP contribution < -0.4 is 20.3 Å². The lowest BCUT2D eigenvalue weighted by Gasteiger charge is -2.34. The van der Waals surface area contributed by atoms with Crippen LogP contribution in [0.5, 0.6) is 5.75 Å². The largest absolute Gasteiger partial charge is 0.477 e. The zero-order valence-corrected chi connectivity index (χ0v) is 15.6. The molecule has 0 fully saturated rings. The van der Waals surface area contributed by atoms with E-state index in [1.807, 2.05) is 18.2 Å². The summed E-state index contributed by atoms with van der Waals surface area (Å²) in [7, 11) is 2.85. The van der Waals surface area contributed by atoms with Crippen molar-refractivity contribution in [2.45, 2.75) is 6.10 Å². The predicted molar refractivity (Wildman–Crippen MR) is 104 cm³/mol. The van der Waals surface area contributed by atoms with E-state index < -0.39 is 12.1 Å². The van der Waals surface area contributed by atoms with Gasteiger partial charge in [0, 0.05) is 12.7 Å². The first-order valence-corrected chi connectivity index (χ1v) is 8.72. The Balaban J connectivity index is 1.70. The number of para-hydroxylation sites is 2. The maximum absolute atomic E-state index is 12.5. The summed E-state index contributed by atoms with van der Waals surface area (Å²) in [5.41, 5.74) is 1.71. The van der Waals surface area contributed by atoms with E-state index in [9.17, 15) is 14.4 Å². The summed E-state index contributed by atoms with van der Waals surface area (Å²) in [4.78, 5) is 37.8. The van der Waals surface area contributed by atoms with Crippen LogP contribution in [-0.2, 0) is 14.3 Å². The number of carbonyl (C=O) groups excluding carboxylic acids is 3. The molecule has 1 aliphatic heterocycles. The number of rotatable bonds is 5. The van der Waals surface area contributed by atoms with Gasteiger partial charge in [-0.2, -0.15) is 0 Å². The summed E-state index contributed by atoms with van der Waals surface area (Å²) in [6.45, 7) is 0.304. The van der Waals surface area contributed by atoms with E-state index in [1.54, 1.807) is 42.3 Å². The van der Waals surface area contributed by atoms with E-state index in [-0.39, 0.29) is 24.9 Å². The molecule has 0 unspecified atom stereocenters. The van der Waals surface area contributed by atoms with Gasteiger partial charge in [-0.15, -0.1) is 0 Å². The number of carbonyl (C=O) groups is 3. The van der Waals surface area contributed by atoms with Gasteiger partial charge in [0.25, 0.3) is 5.91 Å². The molecular weight excluding hydrogens is 362 g/mol. The number of hydrogen-bond donors (Lipinski definition) is 2. The minimum Gasteiger partial charge on any atom is -0.477 e. The van der Waals surface area contributed by atoms with Crippen LogP contribution in [0.3, 0.4) is 0 Å². The summed E-state index contributed by atoms with van der Waals surface area (Å²) in [6.07, 6.45) is -0.702. The summed E-state index contributed by atoms with van der Waals surface area (Å²) >= 11 is 0. The third-order valence-corrected chi connectivity index (χ3v) is 4.32. The molecule has 0 aromatic heterocycles. The van der Waals surface area contributed by atoms with E-state index >= 15 is 0 Å². The van der Waals surface area contributed by atoms with Crippen LogP contribution in [0.2, 0.25) is 0 Å². The average molecular weight is 383 g/mol. The van der Waals surface area contributed by atoms with Gasteiger partial charge in [0.05, 0.1) is 31.5 Å². The SMILES string of the molecule is CNC(=O)[C@H]1CN(CC(=O)Nc2ccc(C(=O)OC)cc2)c2ccccc2O1. The molecule has 2 amide bonds. The van der Waals surface area contributed by atoms with E-state index in [2.05, 4.69) is 15.4 Å². The Morgan fingerprint density at radius 1 is 1.14 bits per heavy atom. The number of nitrogens with one attached hydrogen (secondary N) is 2. The van der Waals surface area contributed by atoms with Gasteiger partial charge in [-0.05, 0) is 36.4 Å². The molecule has 2 N–H and O–H groups in total. The Morgan fingerprint density at radius 2 is 1.86 bits per heavy atom. The van der Waals surface area contributed by atoms with Crippen LogP contribution in [0.15, 0.2) is 48.5 Å². The molecule has 3 rings (SSSR count). The topological polar surface area (TPSA) is 97.0 Å². The Morgan fingerprint density at radius 3 is 2.54 bits per heavy atom. The van der Waals surface area contributed by atoms with Crippen molar-refractivity contribution in [1.29, 1.82) is 0 Å². The third kappa shape index (κ3) is 4.22. The number of ether oxygens (including phenoxy) is 2. The van der Waals surface area contributed by atoms with Gasteiger partial charge < -0.3 is 25.0 Å². The van der Waals surface area contributed by atoms with Crippen molar-refractivity contribution in [3.05, 3.63) is 54.1 Å². The Bertz CT molecular complexity index is 882. The van der Waals surface area contributed by atoms with Crippen molar-refractivity contribution in [2.75, 3.05) is 37.5 Å². The number of nitrogens with zero attached hydrogens (tertiary/aromatic N) is 1. The van der Waals surface area contributed by atoms with Gasteiger partial charge in [0.2, 0.25) is 5.91 Å². The third-order valence-electron chi connectivity index (χ3n) is 4.32. The second-order valence-electron chi connectivity index (χ2n) is 6.19. The Hall–Kier alpha value is -3.55. The number of amides is 2. The van der Waals surface area contributed by atoms with E-state index in [1.165, 1.54) is 7.11 Å². The lowest BCUT2D eigenvalue weighted by Crippen LogP contribution is -2.50. The van der Waals surface area contributed by atoms with Crippen LogP contribution in [0, 0.1) is 0 Å². The molecule has 1 atom stereocenters. The number of hydrogen-bond acceptors (Lipinski definition) is 6. The molecule has 0 aliphatic carbocycles. The Labute approximate surface area is 162 Å². The van der Waals surface area contributed by atoms with Crippen LogP contribution in [0.4, 0.5) is 11.4 Å². The van der Waals surface area contributed by atoms with Crippen molar-refractivity contribution >= 4 is 29.2 Å². The van der Waals surface area contributed by atoms with Crippen molar-refractivity contribution in [3.8, 4) is 5.75 Å². The molecule has 2 aromatic carbocycles. The number of fused-ring (bicyclic) bond motifs is 1. The second-order valence-corrected chi connectivity index (χ2v) is 6.19. The van der Waals surface area contributed by atoms with Crippen molar-refractivity contribution in [2.24, 2.45) is 0 Å². The smallest absolute Gasteiger partial charge is 0.337 e. The van der Waals surface area contributed by atoms with E-state index in [0.717, 1.165) is 5.69 Å². The average Bonchev–Trinajstić information content (AvgIpc) is 2.73. The van der Waals surface area contributed by atoms with Crippen LogP contribution in [0.25, 0.3) is 0 Å². The highest BCUT2D eigenvalue weighted by Crippen LogP contribution is 2.32. The molecule has 0 bridgehead atoms. The zero-order chi connectivity index (χ0) is 20.1. The molecule has 0 saturated carbocycles. The van der Waals surface area contributed by atoms with Crippen molar-refractivity contribution in [3.63, 3.8) is 0 Å². The fourth-order valence-corrected chi connectivity index (χ4v) is 2.94. The summed E-state index contributed by atoms with van der Waals surface area (Å²) < 4.78 is 10.4. The van der Waals surface area contributed by atoms with Crippen molar-refractivity contribution < 1.29 is 23.9 Å². The van der Waals surface area contributed by atoms with Crippen LogP contribution in [0.1, 0.15) is 10.4 Å². The zero-order valence-electron chi connectivity index (χ0n) is 15.6. The quantitative estimate of drug-likeness (QED) is 0.758. The first kappa shape index (κ1) is 19.2. The number of anilines is 2. The van der Waals surface area contributed by atoms with Gasteiger partial charge in [0.1, 0.15) is 5.75 Å². The van der Waals surface area contributed by atoms with Gasteiger partial charge in [0.15, 0.2) is 6.10 Å². The first-order chi connectivity index (χ1) is 13.5. The van der Waals surface area contributed by atoms with Crippen LogP contribution in [-0.4, -0.2) is 51.1 Å². The highest BCUT2D eigenvalue weighted by molar-refractivity contribution is 5.96. The molecule has 146 valence electrons. The molecule has 2 aromatic rings. The summed E-state index contributed by atoms with van der Waals surface area (Å²) in [5.74, 6) is -0.392. The van der Waals surface area contributed by atoms with E-state index in [0.29, 0.717) is 17.0 Å². The molecule has 0 radical (unpaired) electrons. The summed E-state index contributed by atoms with van der Waals surface area (Å²) in [6, 6.07) is 13.7. The molecule has 1 heterocycles. The first-order valence-electron chi connectivity index (χ1n) is 8.72. The van der Waals surface area contributed by atoms with E-state index in [4.69, 9.17) is 4.74 Å². The minimum absolute atomic E-state index is 0.0482. The lowest BCUT2D eigenvalue weighted by molar-refractivity contribution is -0.127. The van der Waals surface area contributed by atoms with Gasteiger partial charge in [-0.3, -0.25) is 9.59 Å². The highest BCUT2D eigenvalue weighted by atomic mass is 16.5. The van der Waals surface area contributed by atoms with Crippen molar-refractivity contribution in [1.82, 2.24) is 5.32 Å². The molecular formula is C20H21N3O5. The number of esters is 1. The molecule has 0 spiro atoms. The molecule has 28 heavy (non-hydrogen) atoms. The van der Waals surface area contributed by atoms with Gasteiger partial charge in [-0.25, -0.2) is 4.79 Å². The molecule has 1 aliphatic rings. The Kier molecular flexibility index (Phi) is 5.78. The monoisotopic (exact) mass is 383 g/mol. The molecule has 8 heteroatoms. The fraction of sp³-hybridized carbons (Fsp3) is 0.250. The second kappa shape index (κ2) is 8.43. The predicted octanol–water partition coefficient (Wildman–Crippen LogP) is 1.43. The minimum atomic E-state index is -0.702. The molecule has 8 nitrogen and oxygen atoms in total. The van der Waals surface area contributed by atoms with Gasteiger partial charge >= 0.3 is 5.97 Å². The lowest BCUT2D eigenvalue weighted by atomic mass is 10.1. The standard InChI is InChI=1S/C20H21N3O5/c1-21-19(25)17-11-23(15-5-3-4-6-16(15)28-17)12-18(24)22-14-9-7-13(8-10-14)20(26)27-2/h3-10,17H,11-12H2,1-2H3,(H,21,25)(H,22,24)/t17-/m1/s1. The normalized spacial score (nSPS) is 15.1. The van der Waals surface area contributed by atoms with Gasteiger partial charge in [-0.1, -0.05) is 12.1 Å². The number of likely N-dealkylation sites (N-methyl/N-ethyl adjacent to an activating group) is 1.